The summed E-state index contributed by atoms with van der Waals surface area (Å²) < 4.78 is 13.3. The number of aromatic nitrogens is 1. The monoisotopic (exact) mass is 246 g/mol. The van der Waals surface area contributed by atoms with Crippen LogP contribution in [0.2, 0.25) is 0 Å². The number of nitrogens with two attached hydrogens (primary N) is 2. The summed E-state index contributed by atoms with van der Waals surface area (Å²) in [5.41, 5.74) is 11.3. The van der Waals surface area contributed by atoms with Gasteiger partial charge >= 0.3 is 0 Å². The van der Waals surface area contributed by atoms with Crippen molar-refractivity contribution in [1.29, 1.82) is 0 Å². The van der Waals surface area contributed by atoms with Crippen LogP contribution < -0.4 is 17.0 Å². The van der Waals surface area contributed by atoms with Gasteiger partial charge in [0.25, 0.3) is 0 Å². The van der Waals surface area contributed by atoms with Crippen LogP contribution in [0.25, 0.3) is 0 Å². The van der Waals surface area contributed by atoms with Crippen LogP contribution in [0.1, 0.15) is 22.9 Å². The van der Waals surface area contributed by atoms with E-state index in [1.165, 1.54) is 18.2 Å². The maximum Gasteiger partial charge on any atom is 0.123 e. The van der Waals surface area contributed by atoms with E-state index in [9.17, 15) is 4.39 Å². The molecule has 0 aliphatic heterocycles. The number of hydrazine groups is 1. The molecule has 5 N–H and O–H groups in total. The molecule has 0 saturated heterocycles. The molecule has 94 valence electrons. The SMILES string of the molecule is Cc1ccc(C(NN)c2cc(F)ccc2N)cn1. The van der Waals surface area contributed by atoms with Gasteiger partial charge in [0.2, 0.25) is 0 Å². The number of pyridine rings is 1. The number of hydrogen-bond acceptors (Lipinski definition) is 4. The Kier molecular flexibility index (Phi) is 3.55. The van der Waals surface area contributed by atoms with Crippen molar-refractivity contribution in [3.8, 4) is 0 Å². The minimum atomic E-state index is -0.381. The molecule has 0 spiro atoms. The molecule has 2 aromatic rings. The second-order valence-corrected chi connectivity index (χ2v) is 4.11. The van der Waals surface area contributed by atoms with Gasteiger partial charge in [-0.25, -0.2) is 9.82 Å². The fraction of sp³-hybridized carbons (Fsp3) is 0.154. The molecule has 2 rings (SSSR count). The topological polar surface area (TPSA) is 77.0 Å². The molecule has 5 heteroatoms. The number of anilines is 1. The zero-order valence-electron chi connectivity index (χ0n) is 10.0. The molecule has 0 saturated carbocycles. The highest BCUT2D eigenvalue weighted by Gasteiger charge is 2.16. The Morgan fingerprint density at radius 2 is 2.06 bits per heavy atom. The molecular formula is C13H15FN4. The van der Waals surface area contributed by atoms with E-state index in [2.05, 4.69) is 10.4 Å². The standard InChI is InChI=1S/C13H15FN4/c1-8-2-3-9(7-17-8)13(18-16)11-6-10(14)4-5-12(11)15/h2-7,13,18H,15-16H2,1H3. The van der Waals surface area contributed by atoms with Crippen LogP contribution in [0, 0.1) is 12.7 Å². The van der Waals surface area contributed by atoms with Gasteiger partial charge in [0.1, 0.15) is 5.82 Å². The largest absolute Gasteiger partial charge is 0.398 e. The molecule has 1 aromatic heterocycles. The molecule has 1 unspecified atom stereocenters. The third-order valence-electron chi connectivity index (χ3n) is 2.79. The average molecular weight is 246 g/mol. The van der Waals surface area contributed by atoms with Crippen LogP contribution in [-0.4, -0.2) is 4.98 Å². The van der Waals surface area contributed by atoms with E-state index in [1.54, 1.807) is 6.20 Å². The van der Waals surface area contributed by atoms with Crippen LogP contribution in [0.3, 0.4) is 0 Å². The van der Waals surface area contributed by atoms with Crippen molar-refractivity contribution >= 4 is 5.69 Å². The fourth-order valence-corrected chi connectivity index (χ4v) is 1.81. The average Bonchev–Trinajstić information content (AvgIpc) is 2.37. The minimum Gasteiger partial charge on any atom is -0.398 e. The molecule has 1 heterocycles. The summed E-state index contributed by atoms with van der Waals surface area (Å²) in [4.78, 5) is 4.20. The Morgan fingerprint density at radius 3 is 2.67 bits per heavy atom. The number of nitrogen functional groups attached to an aromatic ring is 1. The number of nitrogens with one attached hydrogen (secondary N) is 1. The molecule has 4 nitrogen and oxygen atoms in total. The highest BCUT2D eigenvalue weighted by atomic mass is 19.1. The molecule has 0 amide bonds. The summed E-state index contributed by atoms with van der Waals surface area (Å²) >= 11 is 0. The number of rotatable bonds is 3. The number of nitrogens with zero attached hydrogens (tertiary/aromatic N) is 1. The normalized spacial score (nSPS) is 12.4. The molecular weight excluding hydrogens is 231 g/mol. The fourth-order valence-electron chi connectivity index (χ4n) is 1.81. The predicted octanol–water partition coefficient (Wildman–Crippen LogP) is 1.66. The first-order valence-corrected chi connectivity index (χ1v) is 5.55. The number of halogens is 1. The van der Waals surface area contributed by atoms with E-state index >= 15 is 0 Å². The molecule has 0 aliphatic rings. The first-order chi connectivity index (χ1) is 8.61. The molecule has 0 radical (unpaired) electrons. The maximum atomic E-state index is 13.3. The first-order valence-electron chi connectivity index (χ1n) is 5.55. The summed E-state index contributed by atoms with van der Waals surface area (Å²) in [6.07, 6.45) is 1.70. The van der Waals surface area contributed by atoms with Gasteiger partial charge in [-0.1, -0.05) is 6.07 Å². The lowest BCUT2D eigenvalue weighted by molar-refractivity contribution is 0.605. The van der Waals surface area contributed by atoms with Crippen molar-refractivity contribution in [1.82, 2.24) is 10.4 Å². The van der Waals surface area contributed by atoms with Crippen molar-refractivity contribution in [3.63, 3.8) is 0 Å². The van der Waals surface area contributed by atoms with Gasteiger partial charge in [0.05, 0.1) is 6.04 Å². The lowest BCUT2D eigenvalue weighted by Crippen LogP contribution is -2.29. The van der Waals surface area contributed by atoms with E-state index < -0.39 is 0 Å². The van der Waals surface area contributed by atoms with Crippen LogP contribution in [0.5, 0.6) is 0 Å². The van der Waals surface area contributed by atoms with E-state index in [-0.39, 0.29) is 11.9 Å². The molecule has 0 aliphatic carbocycles. The van der Waals surface area contributed by atoms with Crippen molar-refractivity contribution in [2.75, 3.05) is 5.73 Å². The summed E-state index contributed by atoms with van der Waals surface area (Å²) in [5.74, 6) is 5.19. The summed E-state index contributed by atoms with van der Waals surface area (Å²) in [6.45, 7) is 1.89. The highest BCUT2D eigenvalue weighted by molar-refractivity contribution is 5.51. The Bertz CT molecular complexity index is 539. The van der Waals surface area contributed by atoms with Crippen molar-refractivity contribution in [2.45, 2.75) is 13.0 Å². The zero-order valence-corrected chi connectivity index (χ0v) is 10.0. The predicted molar refractivity (Wildman–Crippen MR) is 69.0 cm³/mol. The zero-order chi connectivity index (χ0) is 13.1. The van der Waals surface area contributed by atoms with Crippen LogP contribution in [-0.2, 0) is 0 Å². The summed E-state index contributed by atoms with van der Waals surface area (Å²) in [6, 6.07) is 7.59. The molecule has 18 heavy (non-hydrogen) atoms. The third kappa shape index (κ3) is 2.47. The molecule has 0 bridgehead atoms. The van der Waals surface area contributed by atoms with Crippen molar-refractivity contribution < 1.29 is 4.39 Å². The van der Waals surface area contributed by atoms with Gasteiger partial charge in [0.15, 0.2) is 0 Å². The Balaban J connectivity index is 2.44. The summed E-state index contributed by atoms with van der Waals surface area (Å²) in [5, 5.41) is 0. The Morgan fingerprint density at radius 1 is 1.28 bits per heavy atom. The minimum absolute atomic E-state index is 0.348. The molecule has 1 atom stereocenters. The third-order valence-corrected chi connectivity index (χ3v) is 2.79. The quantitative estimate of drug-likeness (QED) is 0.437. The number of aryl methyl sites for hydroxylation is 1. The molecule has 1 aromatic carbocycles. The van der Waals surface area contributed by atoms with Gasteiger partial charge in [-0.3, -0.25) is 10.8 Å². The maximum absolute atomic E-state index is 13.3. The van der Waals surface area contributed by atoms with Gasteiger partial charge in [0, 0.05) is 23.1 Å². The number of benzene rings is 1. The van der Waals surface area contributed by atoms with E-state index in [0.717, 1.165) is 11.3 Å². The Labute approximate surface area is 105 Å². The van der Waals surface area contributed by atoms with Gasteiger partial charge < -0.3 is 5.73 Å². The Hall–Kier alpha value is -1.98. The van der Waals surface area contributed by atoms with E-state index in [0.29, 0.717) is 11.3 Å². The first kappa shape index (κ1) is 12.5. The second kappa shape index (κ2) is 5.12. The smallest absolute Gasteiger partial charge is 0.123 e. The van der Waals surface area contributed by atoms with Crippen molar-refractivity contribution in [2.24, 2.45) is 5.84 Å². The molecule has 0 fully saturated rings. The van der Waals surface area contributed by atoms with E-state index in [1.807, 2.05) is 19.1 Å². The highest BCUT2D eigenvalue weighted by Crippen LogP contribution is 2.26. The lowest BCUT2D eigenvalue weighted by atomic mass is 9.99. The van der Waals surface area contributed by atoms with Crippen LogP contribution in [0.4, 0.5) is 10.1 Å². The van der Waals surface area contributed by atoms with Crippen LogP contribution >= 0.6 is 0 Å². The van der Waals surface area contributed by atoms with Gasteiger partial charge in [-0.15, -0.1) is 0 Å². The van der Waals surface area contributed by atoms with Crippen LogP contribution in [0.15, 0.2) is 36.5 Å². The van der Waals surface area contributed by atoms with Gasteiger partial charge in [-0.2, -0.15) is 0 Å². The van der Waals surface area contributed by atoms with E-state index in [4.69, 9.17) is 11.6 Å². The second-order valence-electron chi connectivity index (χ2n) is 4.11. The summed E-state index contributed by atoms with van der Waals surface area (Å²) in [7, 11) is 0. The lowest BCUT2D eigenvalue weighted by Gasteiger charge is -2.18. The number of hydrogen-bond donors (Lipinski definition) is 3. The van der Waals surface area contributed by atoms with Gasteiger partial charge in [-0.05, 0) is 36.8 Å². The van der Waals surface area contributed by atoms with Crippen molar-refractivity contribution in [3.05, 3.63) is 59.2 Å².